The summed E-state index contributed by atoms with van der Waals surface area (Å²) in [4.78, 5) is 1.13. The average Bonchev–Trinajstić information content (AvgIpc) is 3.32. The molecule has 3 nitrogen and oxygen atoms in total. The van der Waals surface area contributed by atoms with Gasteiger partial charge in [-0.25, -0.2) is 0 Å². The number of thiophene rings is 1. The van der Waals surface area contributed by atoms with E-state index >= 15 is 0 Å². The molecule has 1 aliphatic heterocycles. The van der Waals surface area contributed by atoms with E-state index < -0.39 is 6.10 Å². The number of aliphatic hydroxyl groups is 1. The third-order valence-corrected chi connectivity index (χ3v) is 6.42. The van der Waals surface area contributed by atoms with Crippen molar-refractivity contribution in [3.05, 3.63) is 59.0 Å². The quantitative estimate of drug-likeness (QED) is 0.708. The summed E-state index contributed by atoms with van der Waals surface area (Å²) in [5.41, 5.74) is 2.79. The van der Waals surface area contributed by atoms with Gasteiger partial charge in [-0.1, -0.05) is 18.2 Å². The van der Waals surface area contributed by atoms with E-state index in [1.165, 1.54) is 0 Å². The topological polar surface area (TPSA) is 45.4 Å². The minimum absolute atomic E-state index is 0.268. The van der Waals surface area contributed by atoms with Crippen LogP contribution in [0.1, 0.15) is 49.0 Å². The molecular formula is C20H22ClNO2S. The Balaban J connectivity index is 1.74. The lowest BCUT2D eigenvalue weighted by Crippen LogP contribution is -2.16. The van der Waals surface area contributed by atoms with Crippen LogP contribution in [0.3, 0.4) is 0 Å². The summed E-state index contributed by atoms with van der Waals surface area (Å²) in [5, 5.41) is 16.6. The van der Waals surface area contributed by atoms with Gasteiger partial charge in [-0.3, -0.25) is 0 Å². The number of aliphatic hydroxyl groups excluding tert-OH is 1. The summed E-state index contributed by atoms with van der Waals surface area (Å²) in [6.45, 7) is 0.798. The molecule has 25 heavy (non-hydrogen) atoms. The first kappa shape index (κ1) is 17.0. The Kier molecular flexibility index (Phi) is 5.02. The minimum atomic E-state index is -0.691. The molecule has 0 aromatic carbocycles. The van der Waals surface area contributed by atoms with Crippen molar-refractivity contribution in [2.24, 2.45) is 0 Å². The van der Waals surface area contributed by atoms with Crippen LogP contribution in [-0.4, -0.2) is 17.0 Å². The van der Waals surface area contributed by atoms with Gasteiger partial charge in [-0.2, -0.15) is 0 Å². The van der Waals surface area contributed by atoms with E-state index in [0.717, 1.165) is 59.6 Å². The van der Waals surface area contributed by atoms with E-state index in [0.29, 0.717) is 5.92 Å². The molecule has 1 fully saturated rings. The van der Waals surface area contributed by atoms with Gasteiger partial charge in [-0.15, -0.1) is 22.9 Å². The van der Waals surface area contributed by atoms with Crippen molar-refractivity contribution in [2.75, 3.05) is 6.54 Å². The van der Waals surface area contributed by atoms with Gasteiger partial charge < -0.3 is 14.8 Å². The van der Waals surface area contributed by atoms with Crippen molar-refractivity contribution < 1.29 is 9.52 Å². The summed E-state index contributed by atoms with van der Waals surface area (Å²) in [7, 11) is 0. The highest BCUT2D eigenvalue weighted by Gasteiger charge is 2.31. The van der Waals surface area contributed by atoms with Crippen molar-refractivity contribution in [3.63, 3.8) is 0 Å². The molecule has 2 aliphatic rings. The van der Waals surface area contributed by atoms with E-state index in [9.17, 15) is 5.11 Å². The van der Waals surface area contributed by atoms with Crippen LogP contribution in [-0.2, 0) is 0 Å². The van der Waals surface area contributed by atoms with E-state index in [4.69, 9.17) is 16.0 Å². The van der Waals surface area contributed by atoms with Crippen molar-refractivity contribution in [3.8, 4) is 10.4 Å². The Morgan fingerprint density at radius 1 is 1.28 bits per heavy atom. The SMILES string of the molecule is OC(C1=CNCC=C1)c1c(-c2cccs2)coc1C1CCC(Cl)CC1. The van der Waals surface area contributed by atoms with Crippen LogP contribution in [0, 0.1) is 0 Å². The first-order valence-corrected chi connectivity index (χ1v) is 10.1. The summed E-state index contributed by atoms with van der Waals surface area (Å²) in [6, 6.07) is 4.11. The summed E-state index contributed by atoms with van der Waals surface area (Å²) >= 11 is 7.94. The maximum Gasteiger partial charge on any atom is 0.113 e. The van der Waals surface area contributed by atoms with Crippen LogP contribution in [0.15, 0.2) is 52.1 Å². The Morgan fingerprint density at radius 2 is 2.12 bits per heavy atom. The second-order valence-electron chi connectivity index (χ2n) is 6.71. The van der Waals surface area contributed by atoms with Gasteiger partial charge in [0.1, 0.15) is 11.9 Å². The Labute approximate surface area is 157 Å². The standard InChI is InChI=1S/C20H22ClNO2S/c21-15-7-5-13(6-8-15)20-18(19(23)14-3-1-9-22-11-14)16(12-24-20)17-4-2-10-25-17/h1-4,10-13,15,19,22-23H,5-9H2. The van der Waals surface area contributed by atoms with Gasteiger partial charge in [0.15, 0.2) is 0 Å². The maximum atomic E-state index is 11.1. The van der Waals surface area contributed by atoms with Gasteiger partial charge in [0.25, 0.3) is 0 Å². The lowest BCUT2D eigenvalue weighted by molar-refractivity contribution is 0.213. The average molecular weight is 376 g/mol. The zero-order chi connectivity index (χ0) is 17.2. The zero-order valence-corrected chi connectivity index (χ0v) is 15.5. The number of alkyl halides is 1. The molecule has 4 rings (SSSR count). The molecule has 0 spiro atoms. The monoisotopic (exact) mass is 375 g/mol. The lowest BCUT2D eigenvalue weighted by Gasteiger charge is -2.26. The molecule has 132 valence electrons. The van der Waals surface area contributed by atoms with Crippen LogP contribution in [0.25, 0.3) is 10.4 Å². The summed E-state index contributed by atoms with van der Waals surface area (Å²) in [6.07, 6.45) is 11.1. The normalized spacial score (nSPS) is 24.6. The molecule has 2 N–H and O–H groups in total. The van der Waals surface area contributed by atoms with Crippen LogP contribution in [0.2, 0.25) is 0 Å². The molecule has 0 bridgehead atoms. The lowest BCUT2D eigenvalue weighted by atomic mass is 9.83. The third kappa shape index (κ3) is 3.43. The summed E-state index contributed by atoms with van der Waals surface area (Å²) < 4.78 is 6.04. The van der Waals surface area contributed by atoms with Crippen molar-refractivity contribution in [2.45, 2.75) is 43.1 Å². The first-order valence-electron chi connectivity index (χ1n) is 8.81. The second kappa shape index (κ2) is 7.40. The minimum Gasteiger partial charge on any atom is -0.468 e. The van der Waals surface area contributed by atoms with Gasteiger partial charge in [0.2, 0.25) is 0 Å². The molecule has 0 radical (unpaired) electrons. The first-order chi connectivity index (χ1) is 12.2. The highest BCUT2D eigenvalue weighted by molar-refractivity contribution is 7.13. The van der Waals surface area contributed by atoms with Gasteiger partial charge in [0.05, 0.1) is 6.26 Å². The van der Waals surface area contributed by atoms with Crippen LogP contribution in [0.4, 0.5) is 0 Å². The summed E-state index contributed by atoms with van der Waals surface area (Å²) in [5.74, 6) is 1.26. The number of hydrogen-bond acceptors (Lipinski definition) is 4. The highest BCUT2D eigenvalue weighted by Crippen LogP contribution is 2.45. The molecule has 0 saturated heterocycles. The Morgan fingerprint density at radius 3 is 2.80 bits per heavy atom. The molecule has 1 aliphatic carbocycles. The predicted molar refractivity (Wildman–Crippen MR) is 103 cm³/mol. The molecule has 1 unspecified atom stereocenters. The number of halogens is 1. The molecule has 2 aromatic heterocycles. The van der Waals surface area contributed by atoms with Crippen LogP contribution >= 0.6 is 22.9 Å². The fourth-order valence-electron chi connectivity index (χ4n) is 3.74. The Hall–Kier alpha value is -1.49. The van der Waals surface area contributed by atoms with Crippen molar-refractivity contribution in [1.82, 2.24) is 5.32 Å². The highest BCUT2D eigenvalue weighted by atomic mass is 35.5. The fourth-order valence-corrected chi connectivity index (χ4v) is 4.74. The fraction of sp³-hybridized carbons (Fsp3) is 0.400. The molecular weight excluding hydrogens is 354 g/mol. The van der Waals surface area contributed by atoms with E-state index in [1.54, 1.807) is 11.3 Å². The number of nitrogens with one attached hydrogen (secondary N) is 1. The van der Waals surface area contributed by atoms with E-state index in [2.05, 4.69) is 16.8 Å². The molecule has 1 atom stereocenters. The van der Waals surface area contributed by atoms with E-state index in [-0.39, 0.29) is 5.38 Å². The number of rotatable bonds is 4. The molecule has 1 saturated carbocycles. The molecule has 0 amide bonds. The number of hydrogen-bond donors (Lipinski definition) is 2. The second-order valence-corrected chi connectivity index (χ2v) is 8.28. The van der Waals surface area contributed by atoms with Crippen LogP contribution < -0.4 is 5.32 Å². The van der Waals surface area contributed by atoms with Crippen molar-refractivity contribution >= 4 is 22.9 Å². The molecule has 3 heterocycles. The van der Waals surface area contributed by atoms with Crippen molar-refractivity contribution in [1.29, 1.82) is 0 Å². The van der Waals surface area contributed by atoms with Gasteiger partial charge in [-0.05, 0) is 37.1 Å². The largest absolute Gasteiger partial charge is 0.468 e. The maximum absolute atomic E-state index is 11.1. The van der Waals surface area contributed by atoms with E-state index in [1.807, 2.05) is 30.7 Å². The smallest absolute Gasteiger partial charge is 0.113 e. The predicted octanol–water partition coefficient (Wildman–Crippen LogP) is 5.35. The number of dihydropyridines is 1. The van der Waals surface area contributed by atoms with Gasteiger partial charge in [0, 0.05) is 45.6 Å². The zero-order valence-electron chi connectivity index (χ0n) is 14.0. The van der Waals surface area contributed by atoms with Gasteiger partial charge >= 0.3 is 0 Å². The molecule has 2 aromatic rings. The third-order valence-electron chi connectivity index (χ3n) is 5.08. The molecule has 5 heteroatoms. The number of furan rings is 1. The Bertz CT molecular complexity index is 770. The van der Waals surface area contributed by atoms with Crippen LogP contribution in [0.5, 0.6) is 0 Å².